The number of aryl methyl sites for hydroxylation is 1. The van der Waals surface area contributed by atoms with Crippen molar-refractivity contribution in [1.29, 1.82) is 0 Å². The first kappa shape index (κ1) is 16.0. The summed E-state index contributed by atoms with van der Waals surface area (Å²) in [5.74, 6) is 0. The van der Waals surface area contributed by atoms with Crippen molar-refractivity contribution in [3.8, 4) is 10.4 Å². The van der Waals surface area contributed by atoms with E-state index in [1.54, 1.807) is 0 Å². The van der Waals surface area contributed by atoms with E-state index in [1.807, 2.05) is 30.0 Å². The molecule has 1 aromatic carbocycles. The number of carbonyl (C=O) groups excluding carboxylic acids is 1. The summed E-state index contributed by atoms with van der Waals surface area (Å²) in [7, 11) is 0. The molecule has 1 aliphatic heterocycles. The Morgan fingerprint density at radius 3 is 2.91 bits per heavy atom. The highest BCUT2D eigenvalue weighted by molar-refractivity contribution is 7.19. The van der Waals surface area contributed by atoms with Crippen LogP contribution in [-0.4, -0.2) is 41.7 Å². The van der Waals surface area contributed by atoms with Gasteiger partial charge in [-0.05, 0) is 25.8 Å². The zero-order chi connectivity index (χ0) is 16.2. The lowest BCUT2D eigenvalue weighted by Crippen LogP contribution is -2.42. The highest BCUT2D eigenvalue weighted by Crippen LogP contribution is 2.32. The van der Waals surface area contributed by atoms with Gasteiger partial charge >= 0.3 is 6.03 Å². The molecule has 0 saturated carbocycles. The molecule has 23 heavy (non-hydrogen) atoms. The first-order valence-electron chi connectivity index (χ1n) is 7.83. The Kier molecular flexibility index (Phi) is 4.93. The van der Waals surface area contributed by atoms with E-state index in [0.717, 1.165) is 22.6 Å². The molecule has 3 rings (SSSR count). The average molecular weight is 331 g/mol. The molecule has 1 atom stereocenters. The smallest absolute Gasteiger partial charge is 0.323 e. The van der Waals surface area contributed by atoms with E-state index < -0.39 is 0 Å². The maximum Gasteiger partial charge on any atom is 0.323 e. The number of carbonyl (C=O) groups is 1. The van der Waals surface area contributed by atoms with Crippen LogP contribution in [0.5, 0.6) is 0 Å². The lowest BCUT2D eigenvalue weighted by molar-refractivity contribution is 0.143. The molecule has 0 spiro atoms. The van der Waals surface area contributed by atoms with Gasteiger partial charge in [-0.3, -0.25) is 5.32 Å². The Hall–Kier alpha value is -1.92. The first-order chi connectivity index (χ1) is 11.1. The second-order valence-electron chi connectivity index (χ2n) is 5.67. The molecule has 5 nitrogen and oxygen atoms in total. The molecule has 2 heterocycles. The number of anilines is 1. The van der Waals surface area contributed by atoms with Gasteiger partial charge in [0.15, 0.2) is 5.13 Å². The molecule has 2 amide bonds. The van der Waals surface area contributed by atoms with E-state index in [2.05, 4.69) is 29.4 Å². The SMILES string of the molecule is Cc1nc(NC(=O)N2CCOCC[C@H]2C)sc1-c1ccccc1. The van der Waals surface area contributed by atoms with Crippen LogP contribution in [-0.2, 0) is 4.74 Å². The number of urea groups is 1. The third-order valence-corrected chi connectivity index (χ3v) is 5.12. The fourth-order valence-electron chi connectivity index (χ4n) is 2.67. The van der Waals surface area contributed by atoms with Crippen LogP contribution in [0.4, 0.5) is 9.93 Å². The van der Waals surface area contributed by atoms with Crippen molar-refractivity contribution in [1.82, 2.24) is 9.88 Å². The number of hydrogen-bond donors (Lipinski definition) is 1. The maximum atomic E-state index is 12.5. The number of thiazole rings is 1. The molecule has 6 heteroatoms. The summed E-state index contributed by atoms with van der Waals surface area (Å²) >= 11 is 1.51. The lowest BCUT2D eigenvalue weighted by Gasteiger charge is -2.25. The molecule has 122 valence electrons. The van der Waals surface area contributed by atoms with Crippen LogP contribution < -0.4 is 5.32 Å². The molecule has 1 aliphatic rings. The molecule has 1 saturated heterocycles. The van der Waals surface area contributed by atoms with Gasteiger partial charge in [0, 0.05) is 19.2 Å². The Morgan fingerprint density at radius 1 is 1.35 bits per heavy atom. The van der Waals surface area contributed by atoms with E-state index in [0.29, 0.717) is 24.9 Å². The summed E-state index contributed by atoms with van der Waals surface area (Å²) < 4.78 is 5.44. The number of hydrogen-bond acceptors (Lipinski definition) is 4. The third-order valence-electron chi connectivity index (χ3n) is 4.00. The summed E-state index contributed by atoms with van der Waals surface area (Å²) in [6, 6.07) is 10.2. The predicted octanol–water partition coefficient (Wildman–Crippen LogP) is 3.76. The van der Waals surface area contributed by atoms with Gasteiger partial charge in [-0.1, -0.05) is 41.7 Å². The second kappa shape index (κ2) is 7.10. The number of nitrogens with zero attached hydrogens (tertiary/aromatic N) is 2. The number of nitrogens with one attached hydrogen (secondary N) is 1. The number of amides is 2. The minimum atomic E-state index is -0.101. The molecule has 2 aromatic rings. The fraction of sp³-hybridized carbons (Fsp3) is 0.412. The Balaban J connectivity index is 1.74. The molecule has 0 unspecified atom stereocenters. The highest BCUT2D eigenvalue weighted by Gasteiger charge is 2.23. The van der Waals surface area contributed by atoms with Crippen LogP contribution in [0.3, 0.4) is 0 Å². The number of aromatic nitrogens is 1. The van der Waals surface area contributed by atoms with E-state index in [-0.39, 0.29) is 12.1 Å². The van der Waals surface area contributed by atoms with Crippen LogP contribution in [0.25, 0.3) is 10.4 Å². The van der Waals surface area contributed by atoms with Gasteiger partial charge in [-0.25, -0.2) is 9.78 Å². The van der Waals surface area contributed by atoms with Crippen LogP contribution in [0.2, 0.25) is 0 Å². The van der Waals surface area contributed by atoms with Crippen molar-refractivity contribution in [3.63, 3.8) is 0 Å². The minimum absolute atomic E-state index is 0.101. The van der Waals surface area contributed by atoms with E-state index in [4.69, 9.17) is 4.74 Å². The summed E-state index contributed by atoms with van der Waals surface area (Å²) in [5, 5.41) is 3.58. The van der Waals surface area contributed by atoms with Gasteiger partial charge in [-0.15, -0.1) is 0 Å². The average Bonchev–Trinajstić information content (AvgIpc) is 2.77. The number of benzene rings is 1. The monoisotopic (exact) mass is 331 g/mol. The first-order valence-corrected chi connectivity index (χ1v) is 8.65. The van der Waals surface area contributed by atoms with Gasteiger partial charge < -0.3 is 9.64 Å². The van der Waals surface area contributed by atoms with Gasteiger partial charge in [0.1, 0.15) is 0 Å². The van der Waals surface area contributed by atoms with Gasteiger partial charge in [0.25, 0.3) is 0 Å². The molecule has 1 N–H and O–H groups in total. The van der Waals surface area contributed by atoms with Crippen LogP contribution in [0, 0.1) is 6.92 Å². The van der Waals surface area contributed by atoms with Crippen molar-refractivity contribution >= 4 is 22.5 Å². The van der Waals surface area contributed by atoms with Gasteiger partial charge in [-0.2, -0.15) is 0 Å². The summed E-state index contributed by atoms with van der Waals surface area (Å²) in [4.78, 5) is 19.9. The molecular weight excluding hydrogens is 310 g/mol. The zero-order valence-corrected chi connectivity index (χ0v) is 14.2. The summed E-state index contributed by atoms with van der Waals surface area (Å²) in [5.41, 5.74) is 2.06. The van der Waals surface area contributed by atoms with Crippen molar-refractivity contribution in [2.75, 3.05) is 25.1 Å². The Labute approximate surface area is 140 Å². The molecule has 1 fully saturated rings. The van der Waals surface area contributed by atoms with E-state index in [1.165, 1.54) is 11.3 Å². The van der Waals surface area contributed by atoms with Gasteiger partial charge in [0.05, 0.1) is 17.2 Å². The minimum Gasteiger partial charge on any atom is -0.380 e. The quantitative estimate of drug-likeness (QED) is 0.911. The predicted molar refractivity (Wildman–Crippen MR) is 92.9 cm³/mol. The van der Waals surface area contributed by atoms with Crippen LogP contribution in [0.15, 0.2) is 30.3 Å². The Morgan fingerprint density at radius 2 is 2.13 bits per heavy atom. The van der Waals surface area contributed by atoms with Crippen molar-refractivity contribution in [2.24, 2.45) is 0 Å². The van der Waals surface area contributed by atoms with Crippen molar-refractivity contribution < 1.29 is 9.53 Å². The van der Waals surface area contributed by atoms with Gasteiger partial charge in [0.2, 0.25) is 0 Å². The second-order valence-corrected chi connectivity index (χ2v) is 6.67. The molecule has 1 aromatic heterocycles. The van der Waals surface area contributed by atoms with Crippen LogP contribution in [0.1, 0.15) is 19.0 Å². The molecule has 0 bridgehead atoms. The third kappa shape index (κ3) is 3.71. The standard InChI is InChI=1S/C17H21N3O2S/c1-12-8-10-22-11-9-20(12)17(21)19-16-18-13(2)15(23-16)14-6-4-3-5-7-14/h3-7,12H,8-11H2,1-2H3,(H,18,19,21)/t12-/m1/s1. The summed E-state index contributed by atoms with van der Waals surface area (Å²) in [6.07, 6.45) is 0.861. The number of rotatable bonds is 2. The number of ether oxygens (including phenoxy) is 1. The van der Waals surface area contributed by atoms with E-state index >= 15 is 0 Å². The normalized spacial score (nSPS) is 18.5. The maximum absolute atomic E-state index is 12.5. The lowest BCUT2D eigenvalue weighted by atomic mass is 10.2. The zero-order valence-electron chi connectivity index (χ0n) is 13.4. The van der Waals surface area contributed by atoms with Crippen molar-refractivity contribution in [3.05, 3.63) is 36.0 Å². The highest BCUT2D eigenvalue weighted by atomic mass is 32.1. The van der Waals surface area contributed by atoms with Crippen LogP contribution >= 0.6 is 11.3 Å². The Bertz CT molecular complexity index is 672. The molecular formula is C17H21N3O2S. The van der Waals surface area contributed by atoms with E-state index in [9.17, 15) is 4.79 Å². The molecule has 0 radical (unpaired) electrons. The fourth-order valence-corrected chi connectivity index (χ4v) is 3.63. The molecule has 0 aliphatic carbocycles. The topological polar surface area (TPSA) is 54.5 Å². The largest absolute Gasteiger partial charge is 0.380 e. The summed E-state index contributed by atoms with van der Waals surface area (Å²) in [6.45, 7) is 5.93. The van der Waals surface area contributed by atoms with Crippen molar-refractivity contribution in [2.45, 2.75) is 26.3 Å².